The summed E-state index contributed by atoms with van der Waals surface area (Å²) in [7, 11) is 0. The topological polar surface area (TPSA) is 71.1 Å². The summed E-state index contributed by atoms with van der Waals surface area (Å²) in [4.78, 5) is 26.7. The zero-order chi connectivity index (χ0) is 13.7. The van der Waals surface area contributed by atoms with Crippen LogP contribution in [0.4, 0.5) is 5.13 Å². The van der Waals surface area contributed by atoms with Crippen molar-refractivity contribution in [1.82, 2.24) is 10.3 Å². The van der Waals surface area contributed by atoms with E-state index >= 15 is 0 Å². The van der Waals surface area contributed by atoms with Crippen LogP contribution in [-0.4, -0.2) is 23.3 Å². The number of nitrogens with zero attached hydrogens (tertiary/aromatic N) is 1. The lowest BCUT2D eigenvalue weighted by Gasteiger charge is -2.01. The second-order valence-corrected chi connectivity index (χ2v) is 5.49. The van der Waals surface area contributed by atoms with Gasteiger partial charge in [-0.1, -0.05) is 0 Å². The molecule has 0 saturated carbocycles. The highest BCUT2D eigenvalue weighted by Gasteiger charge is 2.10. The number of thiazole rings is 1. The van der Waals surface area contributed by atoms with Gasteiger partial charge >= 0.3 is 0 Å². The van der Waals surface area contributed by atoms with E-state index in [-0.39, 0.29) is 11.8 Å². The fourth-order valence-corrected chi connectivity index (χ4v) is 2.87. The Hall–Kier alpha value is -1.73. The number of amides is 2. The zero-order valence-electron chi connectivity index (χ0n) is 10.3. The molecule has 0 aliphatic rings. The molecular formula is C12H13N3O2S2. The van der Waals surface area contributed by atoms with E-state index in [1.54, 1.807) is 16.7 Å². The highest BCUT2D eigenvalue weighted by atomic mass is 32.1. The summed E-state index contributed by atoms with van der Waals surface area (Å²) in [5.74, 6) is -0.415. The van der Waals surface area contributed by atoms with Crippen molar-refractivity contribution in [2.45, 2.75) is 13.3 Å². The maximum atomic E-state index is 11.8. The molecule has 2 amide bonds. The summed E-state index contributed by atoms with van der Waals surface area (Å²) in [6.07, 6.45) is 0.804. The van der Waals surface area contributed by atoms with Gasteiger partial charge in [0.1, 0.15) is 5.69 Å². The highest BCUT2D eigenvalue weighted by Crippen LogP contribution is 2.15. The molecular weight excluding hydrogens is 282 g/mol. The molecule has 2 N–H and O–H groups in total. The van der Waals surface area contributed by atoms with Gasteiger partial charge in [0.25, 0.3) is 5.91 Å². The second kappa shape index (κ2) is 6.44. The van der Waals surface area contributed by atoms with Crippen LogP contribution in [0.1, 0.15) is 23.0 Å². The Morgan fingerprint density at radius 2 is 2.21 bits per heavy atom. The Kier molecular flexibility index (Phi) is 4.64. The first-order valence-electron chi connectivity index (χ1n) is 5.67. The Balaban J connectivity index is 1.82. The van der Waals surface area contributed by atoms with Crippen molar-refractivity contribution in [3.63, 3.8) is 0 Å². The number of thiophene rings is 1. The number of carbonyl (C=O) groups is 2. The molecule has 0 saturated heterocycles. The molecule has 2 heterocycles. The molecule has 100 valence electrons. The number of carbonyl (C=O) groups excluding carboxylic acids is 2. The largest absolute Gasteiger partial charge is 0.350 e. The minimum Gasteiger partial charge on any atom is -0.350 e. The molecule has 0 unspecified atom stereocenters. The molecule has 0 spiro atoms. The van der Waals surface area contributed by atoms with Crippen molar-refractivity contribution in [3.8, 4) is 0 Å². The molecule has 19 heavy (non-hydrogen) atoms. The first-order valence-corrected chi connectivity index (χ1v) is 7.50. The zero-order valence-corrected chi connectivity index (χ0v) is 11.9. The van der Waals surface area contributed by atoms with E-state index in [0.29, 0.717) is 17.4 Å². The molecule has 0 aromatic carbocycles. The lowest BCUT2D eigenvalue weighted by molar-refractivity contribution is -0.114. The Labute approximate surface area is 118 Å². The molecule has 2 aromatic rings. The smallest absolute Gasteiger partial charge is 0.270 e. The van der Waals surface area contributed by atoms with E-state index in [2.05, 4.69) is 21.0 Å². The average Bonchev–Trinajstić information content (AvgIpc) is 2.99. The summed E-state index contributed by atoms with van der Waals surface area (Å²) >= 11 is 2.88. The van der Waals surface area contributed by atoms with Crippen molar-refractivity contribution in [2.24, 2.45) is 0 Å². The molecule has 0 radical (unpaired) electrons. The van der Waals surface area contributed by atoms with Gasteiger partial charge in [0, 0.05) is 18.8 Å². The summed E-state index contributed by atoms with van der Waals surface area (Å²) in [5.41, 5.74) is 1.54. The van der Waals surface area contributed by atoms with Crippen molar-refractivity contribution in [2.75, 3.05) is 11.9 Å². The number of hydrogen-bond donors (Lipinski definition) is 2. The van der Waals surface area contributed by atoms with Gasteiger partial charge in [0.05, 0.1) is 0 Å². The highest BCUT2D eigenvalue weighted by molar-refractivity contribution is 7.14. The monoisotopic (exact) mass is 295 g/mol. The van der Waals surface area contributed by atoms with Gasteiger partial charge < -0.3 is 10.6 Å². The first-order chi connectivity index (χ1) is 9.15. The van der Waals surface area contributed by atoms with Gasteiger partial charge in [-0.2, -0.15) is 11.3 Å². The van der Waals surface area contributed by atoms with Crippen LogP contribution in [0.5, 0.6) is 0 Å². The minimum absolute atomic E-state index is 0.196. The normalized spacial score (nSPS) is 10.2. The predicted octanol–water partition coefficient (Wildman–Crippen LogP) is 2.14. The fraction of sp³-hybridized carbons (Fsp3) is 0.250. The number of rotatable bonds is 5. The number of aromatic nitrogens is 1. The van der Waals surface area contributed by atoms with Gasteiger partial charge in [-0.15, -0.1) is 11.3 Å². The molecule has 0 fully saturated rings. The summed E-state index contributed by atoms with van der Waals surface area (Å²) in [6, 6.07) is 2.04. The molecule has 2 rings (SSSR count). The maximum absolute atomic E-state index is 11.8. The van der Waals surface area contributed by atoms with Gasteiger partial charge in [-0.3, -0.25) is 9.59 Å². The van der Waals surface area contributed by atoms with E-state index in [4.69, 9.17) is 0 Å². The third kappa shape index (κ3) is 4.15. The number of hydrogen-bond acceptors (Lipinski definition) is 5. The van der Waals surface area contributed by atoms with Crippen LogP contribution in [0.2, 0.25) is 0 Å². The van der Waals surface area contributed by atoms with Crippen LogP contribution < -0.4 is 10.6 Å². The van der Waals surface area contributed by atoms with Crippen LogP contribution in [0.25, 0.3) is 0 Å². The first kappa shape index (κ1) is 13.7. The van der Waals surface area contributed by atoms with Crippen LogP contribution >= 0.6 is 22.7 Å². The van der Waals surface area contributed by atoms with E-state index in [9.17, 15) is 9.59 Å². The fourth-order valence-electron chi connectivity index (χ4n) is 1.43. The average molecular weight is 295 g/mol. The van der Waals surface area contributed by atoms with Crippen LogP contribution in [0.3, 0.4) is 0 Å². The quantitative estimate of drug-likeness (QED) is 0.887. The van der Waals surface area contributed by atoms with Crippen LogP contribution in [0, 0.1) is 0 Å². The lowest BCUT2D eigenvalue weighted by Crippen LogP contribution is -2.25. The van der Waals surface area contributed by atoms with Crippen molar-refractivity contribution >= 4 is 39.6 Å². The Morgan fingerprint density at radius 1 is 1.37 bits per heavy atom. The third-order valence-electron chi connectivity index (χ3n) is 2.30. The van der Waals surface area contributed by atoms with E-state index in [0.717, 1.165) is 6.42 Å². The molecule has 7 heteroatoms. The van der Waals surface area contributed by atoms with Crippen LogP contribution in [0.15, 0.2) is 22.2 Å². The van der Waals surface area contributed by atoms with Crippen molar-refractivity contribution < 1.29 is 9.59 Å². The summed E-state index contributed by atoms with van der Waals surface area (Å²) in [6.45, 7) is 1.98. The third-order valence-corrected chi connectivity index (χ3v) is 3.79. The summed E-state index contributed by atoms with van der Waals surface area (Å²) < 4.78 is 0. The SMILES string of the molecule is CC(=O)Nc1nc(C(=O)NCCc2ccsc2)cs1. The molecule has 0 bridgehead atoms. The maximum Gasteiger partial charge on any atom is 0.270 e. The second-order valence-electron chi connectivity index (χ2n) is 3.86. The number of anilines is 1. The Morgan fingerprint density at radius 3 is 2.89 bits per heavy atom. The lowest BCUT2D eigenvalue weighted by atomic mass is 10.2. The van der Waals surface area contributed by atoms with E-state index < -0.39 is 0 Å². The van der Waals surface area contributed by atoms with E-state index in [1.807, 2.05) is 11.4 Å². The van der Waals surface area contributed by atoms with Crippen molar-refractivity contribution in [1.29, 1.82) is 0 Å². The molecule has 0 atom stereocenters. The van der Waals surface area contributed by atoms with Gasteiger partial charge in [-0.25, -0.2) is 4.98 Å². The predicted molar refractivity (Wildman–Crippen MR) is 76.8 cm³/mol. The van der Waals surface area contributed by atoms with Gasteiger partial charge in [0.15, 0.2) is 5.13 Å². The Bertz CT molecular complexity index is 563. The molecule has 5 nitrogen and oxygen atoms in total. The molecule has 0 aliphatic carbocycles. The van der Waals surface area contributed by atoms with E-state index in [1.165, 1.54) is 23.8 Å². The molecule has 2 aromatic heterocycles. The van der Waals surface area contributed by atoms with Crippen LogP contribution in [-0.2, 0) is 11.2 Å². The summed E-state index contributed by atoms with van der Waals surface area (Å²) in [5, 5.41) is 11.5. The van der Waals surface area contributed by atoms with Gasteiger partial charge in [0.2, 0.25) is 5.91 Å². The van der Waals surface area contributed by atoms with Gasteiger partial charge in [-0.05, 0) is 28.8 Å². The number of nitrogens with one attached hydrogen (secondary N) is 2. The van der Waals surface area contributed by atoms with Crippen molar-refractivity contribution in [3.05, 3.63) is 33.5 Å². The minimum atomic E-state index is -0.219. The molecule has 0 aliphatic heterocycles. The standard InChI is InChI=1S/C12H13N3O2S2/c1-8(16)14-12-15-10(7-19-12)11(17)13-4-2-9-3-5-18-6-9/h3,5-7H,2,4H2,1H3,(H,13,17)(H,14,15,16).